The zero-order chi connectivity index (χ0) is 29.1. The van der Waals surface area contributed by atoms with Crippen molar-refractivity contribution < 1.29 is 28.6 Å². The minimum absolute atomic E-state index is 0.144. The fraction of sp³-hybridized carbons (Fsp3) is 0.226. The molecule has 0 radical (unpaired) electrons. The zero-order valence-corrected chi connectivity index (χ0v) is 23.6. The number of allylic oxidation sites excluding steroid dienone is 1. The zero-order valence-electron chi connectivity index (χ0n) is 22.7. The van der Waals surface area contributed by atoms with E-state index in [0.717, 1.165) is 6.42 Å². The summed E-state index contributed by atoms with van der Waals surface area (Å²) in [6.45, 7) is 3.92. The SMILES string of the molecule is CCCC1=C(C(=O)OCC)C(c2ccccc2OC)n2c(s/c(=C\c3ccc(-c4cccc(C(=O)O)c4)o3)c2=O)=N1. The van der Waals surface area contributed by atoms with Crippen LogP contribution in [0.1, 0.15) is 54.4 Å². The monoisotopic (exact) mass is 572 g/mol. The second-order valence-corrected chi connectivity index (χ2v) is 10.3. The first-order valence-electron chi connectivity index (χ1n) is 13.1. The summed E-state index contributed by atoms with van der Waals surface area (Å²) in [5, 5.41) is 9.32. The fourth-order valence-electron chi connectivity index (χ4n) is 4.83. The number of ether oxygens (including phenoxy) is 2. The number of aromatic carboxylic acids is 1. The number of hydrogen-bond donors (Lipinski definition) is 1. The van der Waals surface area contributed by atoms with E-state index in [1.54, 1.807) is 50.4 Å². The number of para-hydroxylation sites is 1. The number of thiazole rings is 1. The molecule has 0 saturated heterocycles. The van der Waals surface area contributed by atoms with E-state index in [4.69, 9.17) is 18.9 Å². The van der Waals surface area contributed by atoms with Gasteiger partial charge in [-0.25, -0.2) is 14.6 Å². The third kappa shape index (κ3) is 5.38. The van der Waals surface area contributed by atoms with Crippen molar-refractivity contribution in [3.05, 3.63) is 109 Å². The number of furan rings is 1. The van der Waals surface area contributed by atoms with Gasteiger partial charge in [0, 0.05) is 17.2 Å². The van der Waals surface area contributed by atoms with Gasteiger partial charge in [0.15, 0.2) is 4.80 Å². The number of nitrogens with zero attached hydrogens (tertiary/aromatic N) is 2. The third-order valence-electron chi connectivity index (χ3n) is 6.62. The molecule has 41 heavy (non-hydrogen) atoms. The first-order chi connectivity index (χ1) is 19.9. The van der Waals surface area contributed by atoms with Crippen LogP contribution < -0.4 is 19.6 Å². The van der Waals surface area contributed by atoms with E-state index in [9.17, 15) is 19.5 Å². The standard InChI is InChI=1S/C31H28N2O7S/c1-4-9-22-26(30(37)39-5-2)27(21-12-6-7-13-24(21)38-3)33-28(34)25(41-31(33)32-22)17-20-14-15-23(40-20)18-10-8-11-19(16-18)29(35)36/h6-8,10-17,27H,4-5,9H2,1-3H3,(H,35,36)/b25-17-. The van der Waals surface area contributed by atoms with E-state index in [2.05, 4.69) is 0 Å². The van der Waals surface area contributed by atoms with Crippen molar-refractivity contribution in [1.82, 2.24) is 4.57 Å². The molecule has 1 aliphatic heterocycles. The van der Waals surface area contributed by atoms with Crippen molar-refractivity contribution in [2.24, 2.45) is 4.99 Å². The van der Waals surface area contributed by atoms with Crippen LogP contribution in [-0.4, -0.2) is 35.3 Å². The van der Waals surface area contributed by atoms with Gasteiger partial charge >= 0.3 is 11.9 Å². The van der Waals surface area contributed by atoms with E-state index in [1.807, 2.05) is 25.1 Å². The average molecular weight is 573 g/mol. The van der Waals surface area contributed by atoms with Crippen molar-refractivity contribution in [3.8, 4) is 17.1 Å². The van der Waals surface area contributed by atoms with Crippen LogP contribution in [0, 0.1) is 0 Å². The second kappa shape index (κ2) is 11.8. The summed E-state index contributed by atoms with van der Waals surface area (Å²) in [5.41, 5.74) is 1.94. The van der Waals surface area contributed by atoms with E-state index < -0.39 is 18.0 Å². The molecule has 0 aliphatic carbocycles. The first-order valence-corrected chi connectivity index (χ1v) is 14.0. The number of carbonyl (C=O) groups excluding carboxylic acids is 1. The highest BCUT2D eigenvalue weighted by molar-refractivity contribution is 7.07. The number of carboxylic acid groups (broad SMARTS) is 1. The van der Waals surface area contributed by atoms with Crippen LogP contribution in [-0.2, 0) is 9.53 Å². The Morgan fingerprint density at radius 2 is 1.93 bits per heavy atom. The molecule has 0 saturated carbocycles. The number of fused-ring (bicyclic) bond motifs is 1. The van der Waals surface area contributed by atoms with Crippen molar-refractivity contribution in [2.75, 3.05) is 13.7 Å². The van der Waals surface area contributed by atoms with Crippen LogP contribution in [0.3, 0.4) is 0 Å². The molecule has 0 amide bonds. The summed E-state index contributed by atoms with van der Waals surface area (Å²) in [6, 6.07) is 16.4. The number of esters is 1. The Kier molecular flexibility index (Phi) is 8.02. The molecule has 0 spiro atoms. The van der Waals surface area contributed by atoms with Crippen LogP contribution in [0.5, 0.6) is 5.75 Å². The minimum atomic E-state index is -1.03. The predicted molar refractivity (Wildman–Crippen MR) is 154 cm³/mol. The van der Waals surface area contributed by atoms with Crippen LogP contribution >= 0.6 is 11.3 Å². The third-order valence-corrected chi connectivity index (χ3v) is 7.60. The highest BCUT2D eigenvalue weighted by Crippen LogP contribution is 2.36. The molecular formula is C31H28N2O7S. The summed E-state index contributed by atoms with van der Waals surface area (Å²) in [5.74, 6) is -0.143. The van der Waals surface area contributed by atoms with Gasteiger partial charge in [-0.2, -0.15) is 0 Å². The lowest BCUT2D eigenvalue weighted by atomic mass is 9.93. The van der Waals surface area contributed by atoms with Crippen LogP contribution in [0.25, 0.3) is 17.4 Å². The predicted octanol–water partition coefficient (Wildman–Crippen LogP) is 4.55. The molecule has 0 fully saturated rings. The molecule has 1 aliphatic rings. The largest absolute Gasteiger partial charge is 0.496 e. The molecule has 1 N–H and O–H groups in total. The average Bonchev–Trinajstić information content (AvgIpc) is 3.57. The lowest BCUT2D eigenvalue weighted by Crippen LogP contribution is -2.40. The number of carboxylic acids is 1. The molecule has 210 valence electrons. The number of carbonyl (C=O) groups is 2. The van der Waals surface area contributed by atoms with E-state index in [1.165, 1.54) is 28.0 Å². The molecule has 2 aromatic heterocycles. The van der Waals surface area contributed by atoms with Crippen LogP contribution in [0.15, 0.2) is 86.1 Å². The smallest absolute Gasteiger partial charge is 0.338 e. The highest BCUT2D eigenvalue weighted by Gasteiger charge is 2.35. The lowest BCUT2D eigenvalue weighted by Gasteiger charge is -2.26. The van der Waals surface area contributed by atoms with Gasteiger partial charge in [0.05, 0.1) is 35.1 Å². The van der Waals surface area contributed by atoms with Gasteiger partial charge in [0.1, 0.15) is 23.3 Å². The quantitative estimate of drug-likeness (QED) is 0.292. The molecule has 10 heteroatoms. The maximum absolute atomic E-state index is 13.9. The number of rotatable bonds is 9. The van der Waals surface area contributed by atoms with Crippen molar-refractivity contribution in [1.29, 1.82) is 0 Å². The second-order valence-electron chi connectivity index (χ2n) is 9.24. The van der Waals surface area contributed by atoms with Gasteiger partial charge in [0.25, 0.3) is 5.56 Å². The van der Waals surface area contributed by atoms with E-state index in [-0.39, 0.29) is 17.7 Å². The minimum Gasteiger partial charge on any atom is -0.496 e. The molecule has 3 heterocycles. The maximum Gasteiger partial charge on any atom is 0.338 e. The van der Waals surface area contributed by atoms with E-state index >= 15 is 0 Å². The summed E-state index contributed by atoms with van der Waals surface area (Å²) in [6.07, 6.45) is 2.90. The summed E-state index contributed by atoms with van der Waals surface area (Å²) in [4.78, 5) is 43.9. The maximum atomic E-state index is 13.9. The number of benzene rings is 2. The summed E-state index contributed by atoms with van der Waals surface area (Å²) >= 11 is 1.20. The normalized spacial score (nSPS) is 14.9. The molecule has 1 unspecified atom stereocenters. The Morgan fingerprint density at radius 1 is 1.12 bits per heavy atom. The van der Waals surface area contributed by atoms with Crippen molar-refractivity contribution in [2.45, 2.75) is 32.7 Å². The van der Waals surface area contributed by atoms with Crippen LogP contribution in [0.2, 0.25) is 0 Å². The molecule has 9 nitrogen and oxygen atoms in total. The molecule has 5 rings (SSSR count). The molecular weight excluding hydrogens is 544 g/mol. The topological polar surface area (TPSA) is 120 Å². The first kappa shape index (κ1) is 27.9. The Hall–Kier alpha value is -4.70. The highest BCUT2D eigenvalue weighted by atomic mass is 32.1. The number of methoxy groups -OCH3 is 1. The van der Waals surface area contributed by atoms with Gasteiger partial charge in [-0.3, -0.25) is 9.36 Å². The lowest BCUT2D eigenvalue weighted by molar-refractivity contribution is -0.139. The van der Waals surface area contributed by atoms with Gasteiger partial charge in [-0.1, -0.05) is 55.0 Å². The van der Waals surface area contributed by atoms with Crippen LogP contribution in [0.4, 0.5) is 0 Å². The Bertz CT molecular complexity index is 1840. The Morgan fingerprint density at radius 3 is 2.66 bits per heavy atom. The van der Waals surface area contributed by atoms with Gasteiger partial charge in [0.2, 0.25) is 0 Å². The van der Waals surface area contributed by atoms with Gasteiger partial charge in [-0.05, 0) is 43.7 Å². The molecule has 4 aromatic rings. The van der Waals surface area contributed by atoms with E-state index in [0.29, 0.717) is 55.4 Å². The molecule has 1 atom stereocenters. The molecule has 2 aromatic carbocycles. The van der Waals surface area contributed by atoms with Gasteiger partial charge in [-0.15, -0.1) is 0 Å². The summed E-state index contributed by atoms with van der Waals surface area (Å²) in [7, 11) is 1.55. The summed E-state index contributed by atoms with van der Waals surface area (Å²) < 4.78 is 18.9. The number of aromatic nitrogens is 1. The van der Waals surface area contributed by atoms with Gasteiger partial charge < -0.3 is 19.0 Å². The molecule has 0 bridgehead atoms. The number of hydrogen-bond acceptors (Lipinski definition) is 8. The van der Waals surface area contributed by atoms with Crippen molar-refractivity contribution in [3.63, 3.8) is 0 Å². The fourth-order valence-corrected chi connectivity index (χ4v) is 5.83. The Balaban J connectivity index is 1.67. The van der Waals surface area contributed by atoms with Crippen molar-refractivity contribution >= 4 is 29.4 Å². The Labute approximate surface area is 239 Å².